The first kappa shape index (κ1) is 12.8. The standard InChI is InChI=1S/C7H16O5S/c1-3-7(2)12-11-5-4-6-13(8,9)10/h7H,3-6H2,1-2H3,(H,8,9,10). The van der Waals surface area contributed by atoms with Crippen molar-refractivity contribution in [3.63, 3.8) is 0 Å². The van der Waals surface area contributed by atoms with Gasteiger partial charge in [0.15, 0.2) is 0 Å². The lowest BCUT2D eigenvalue weighted by Gasteiger charge is -2.08. The molecule has 1 N–H and O–H groups in total. The Morgan fingerprint density at radius 1 is 1.46 bits per heavy atom. The molecule has 0 aromatic rings. The predicted molar refractivity (Wildman–Crippen MR) is 47.8 cm³/mol. The van der Waals surface area contributed by atoms with Crippen molar-refractivity contribution in [1.82, 2.24) is 0 Å². The summed E-state index contributed by atoms with van der Waals surface area (Å²) < 4.78 is 28.8. The summed E-state index contributed by atoms with van der Waals surface area (Å²) in [5.41, 5.74) is 0. The molecule has 0 amide bonds. The van der Waals surface area contributed by atoms with Crippen LogP contribution >= 0.6 is 0 Å². The number of rotatable bonds is 7. The molecule has 0 spiro atoms. The van der Waals surface area contributed by atoms with E-state index in [0.29, 0.717) is 0 Å². The van der Waals surface area contributed by atoms with Gasteiger partial charge in [-0.1, -0.05) is 6.92 Å². The molecule has 0 aromatic heterocycles. The Bertz CT molecular complexity index is 211. The highest BCUT2D eigenvalue weighted by Gasteiger charge is 2.04. The average Bonchev–Trinajstić information content (AvgIpc) is 2.01. The molecule has 0 aliphatic heterocycles. The largest absolute Gasteiger partial charge is 0.286 e. The molecule has 0 aromatic carbocycles. The molecule has 0 saturated heterocycles. The Hall–Kier alpha value is -0.170. The highest BCUT2D eigenvalue weighted by molar-refractivity contribution is 7.85. The molecule has 13 heavy (non-hydrogen) atoms. The number of hydrogen-bond acceptors (Lipinski definition) is 4. The SMILES string of the molecule is CCC(C)OOCCCS(=O)(=O)O. The molecule has 0 aliphatic rings. The van der Waals surface area contributed by atoms with Gasteiger partial charge < -0.3 is 0 Å². The van der Waals surface area contributed by atoms with E-state index < -0.39 is 10.1 Å². The molecular weight excluding hydrogens is 196 g/mol. The maximum absolute atomic E-state index is 10.2. The van der Waals surface area contributed by atoms with Crippen LogP contribution < -0.4 is 0 Å². The Kier molecular flexibility index (Phi) is 6.23. The lowest BCUT2D eigenvalue weighted by atomic mass is 10.3. The molecule has 1 unspecified atom stereocenters. The average molecular weight is 212 g/mol. The Labute approximate surface area is 78.7 Å². The smallest absolute Gasteiger partial charge is 0.264 e. The predicted octanol–water partition coefficient (Wildman–Crippen LogP) is 1.01. The minimum Gasteiger partial charge on any atom is -0.286 e. The van der Waals surface area contributed by atoms with Gasteiger partial charge in [-0.2, -0.15) is 8.42 Å². The van der Waals surface area contributed by atoms with E-state index in [4.69, 9.17) is 14.3 Å². The maximum atomic E-state index is 10.2. The van der Waals surface area contributed by atoms with Gasteiger partial charge >= 0.3 is 0 Å². The first-order valence-corrected chi connectivity index (χ1v) is 5.80. The van der Waals surface area contributed by atoms with E-state index >= 15 is 0 Å². The van der Waals surface area contributed by atoms with E-state index in [1.165, 1.54) is 0 Å². The van der Waals surface area contributed by atoms with Crippen molar-refractivity contribution in [2.75, 3.05) is 12.4 Å². The van der Waals surface area contributed by atoms with Crippen LogP contribution in [0.25, 0.3) is 0 Å². The van der Waals surface area contributed by atoms with Crippen LogP contribution in [0.5, 0.6) is 0 Å². The van der Waals surface area contributed by atoms with Crippen LogP contribution in [0.4, 0.5) is 0 Å². The van der Waals surface area contributed by atoms with Gasteiger partial charge in [-0.3, -0.25) is 4.55 Å². The summed E-state index contributed by atoms with van der Waals surface area (Å²) in [6.45, 7) is 3.97. The first-order chi connectivity index (χ1) is 5.95. The zero-order valence-electron chi connectivity index (χ0n) is 7.89. The lowest BCUT2D eigenvalue weighted by Crippen LogP contribution is -2.11. The van der Waals surface area contributed by atoms with Gasteiger partial charge in [0.2, 0.25) is 0 Å². The normalized spacial score (nSPS) is 14.4. The summed E-state index contributed by atoms with van der Waals surface area (Å²) in [4.78, 5) is 9.54. The fraction of sp³-hybridized carbons (Fsp3) is 1.00. The van der Waals surface area contributed by atoms with Crippen molar-refractivity contribution in [2.45, 2.75) is 32.8 Å². The zero-order valence-corrected chi connectivity index (χ0v) is 8.71. The zero-order chi connectivity index (χ0) is 10.3. The second-order valence-electron chi connectivity index (χ2n) is 2.78. The van der Waals surface area contributed by atoms with E-state index in [1.54, 1.807) is 0 Å². The summed E-state index contributed by atoms with van der Waals surface area (Å²) in [5, 5.41) is 0. The van der Waals surface area contributed by atoms with Crippen LogP contribution in [0.1, 0.15) is 26.7 Å². The molecule has 1 atom stereocenters. The Morgan fingerprint density at radius 3 is 2.54 bits per heavy atom. The van der Waals surface area contributed by atoms with E-state index in [2.05, 4.69) is 0 Å². The maximum Gasteiger partial charge on any atom is 0.264 e. The van der Waals surface area contributed by atoms with Crippen molar-refractivity contribution in [3.05, 3.63) is 0 Å². The van der Waals surface area contributed by atoms with Crippen molar-refractivity contribution in [1.29, 1.82) is 0 Å². The van der Waals surface area contributed by atoms with E-state index in [1.807, 2.05) is 13.8 Å². The van der Waals surface area contributed by atoms with Gasteiger partial charge in [0.25, 0.3) is 10.1 Å². The molecule has 0 aliphatic carbocycles. The van der Waals surface area contributed by atoms with Crippen LogP contribution in [0.3, 0.4) is 0 Å². The molecule has 80 valence electrons. The van der Waals surface area contributed by atoms with E-state index in [9.17, 15) is 8.42 Å². The van der Waals surface area contributed by atoms with Crippen LogP contribution in [0, 0.1) is 0 Å². The first-order valence-electron chi connectivity index (χ1n) is 4.19. The highest BCUT2D eigenvalue weighted by atomic mass is 32.2. The fourth-order valence-corrected chi connectivity index (χ4v) is 1.02. The van der Waals surface area contributed by atoms with Crippen molar-refractivity contribution >= 4 is 10.1 Å². The van der Waals surface area contributed by atoms with E-state index in [0.717, 1.165) is 6.42 Å². The van der Waals surface area contributed by atoms with Crippen LogP contribution in [-0.2, 0) is 19.9 Å². The molecular formula is C7H16O5S. The Balaban J connectivity index is 3.27. The van der Waals surface area contributed by atoms with Gasteiger partial charge in [0.1, 0.15) is 0 Å². The molecule has 0 rings (SSSR count). The highest BCUT2D eigenvalue weighted by Crippen LogP contribution is 1.97. The second kappa shape index (κ2) is 6.31. The lowest BCUT2D eigenvalue weighted by molar-refractivity contribution is -0.320. The van der Waals surface area contributed by atoms with Gasteiger partial charge in [-0.15, -0.1) is 0 Å². The molecule has 0 fully saturated rings. The third-order valence-electron chi connectivity index (χ3n) is 1.44. The van der Waals surface area contributed by atoms with Gasteiger partial charge in [0, 0.05) is 0 Å². The fourth-order valence-electron chi connectivity index (χ4n) is 0.533. The van der Waals surface area contributed by atoms with Crippen molar-refractivity contribution < 1.29 is 22.7 Å². The summed E-state index contributed by atoms with van der Waals surface area (Å²) in [7, 11) is -3.87. The number of hydrogen-bond donors (Lipinski definition) is 1. The van der Waals surface area contributed by atoms with Gasteiger partial charge in [-0.25, -0.2) is 9.78 Å². The third kappa shape index (κ3) is 9.75. The molecule has 0 radical (unpaired) electrons. The minimum absolute atomic E-state index is 0.00531. The summed E-state index contributed by atoms with van der Waals surface area (Å²) in [6, 6.07) is 0. The van der Waals surface area contributed by atoms with Crippen molar-refractivity contribution in [2.24, 2.45) is 0 Å². The topological polar surface area (TPSA) is 72.8 Å². The van der Waals surface area contributed by atoms with E-state index in [-0.39, 0.29) is 24.9 Å². The molecule has 6 heteroatoms. The molecule has 0 bridgehead atoms. The van der Waals surface area contributed by atoms with Gasteiger partial charge in [0.05, 0.1) is 18.5 Å². The second-order valence-corrected chi connectivity index (χ2v) is 4.35. The summed E-state index contributed by atoms with van der Waals surface area (Å²) in [6.07, 6.45) is 1.07. The van der Waals surface area contributed by atoms with Gasteiger partial charge in [-0.05, 0) is 19.8 Å². The monoisotopic (exact) mass is 212 g/mol. The van der Waals surface area contributed by atoms with Crippen LogP contribution in [0.15, 0.2) is 0 Å². The molecule has 0 heterocycles. The summed E-state index contributed by atoms with van der Waals surface area (Å²) >= 11 is 0. The molecule has 5 nitrogen and oxygen atoms in total. The van der Waals surface area contributed by atoms with Crippen molar-refractivity contribution in [3.8, 4) is 0 Å². The Morgan fingerprint density at radius 2 is 2.08 bits per heavy atom. The van der Waals surface area contributed by atoms with Crippen LogP contribution in [0.2, 0.25) is 0 Å². The molecule has 0 saturated carbocycles. The minimum atomic E-state index is -3.87. The third-order valence-corrected chi connectivity index (χ3v) is 2.24. The quantitative estimate of drug-likeness (QED) is 0.295. The van der Waals surface area contributed by atoms with Crippen LogP contribution in [-0.4, -0.2) is 31.4 Å². The summed E-state index contributed by atoms with van der Waals surface area (Å²) in [5.74, 6) is -0.295.